The largest absolute Gasteiger partial charge is 0.464 e. The number of hydrogen-bond acceptors (Lipinski definition) is 5. The topological polar surface area (TPSA) is 101 Å². The maximum absolute atomic E-state index is 12.1. The third-order valence-electron chi connectivity index (χ3n) is 4.42. The second-order valence-corrected chi connectivity index (χ2v) is 5.95. The Morgan fingerprint density at radius 3 is 2.72 bits per heavy atom. The Labute approximate surface area is 145 Å². The van der Waals surface area contributed by atoms with Crippen molar-refractivity contribution < 1.29 is 14.3 Å². The minimum atomic E-state index is -0.630. The summed E-state index contributed by atoms with van der Waals surface area (Å²) in [5, 5.41) is 9.21. The van der Waals surface area contributed by atoms with E-state index in [4.69, 9.17) is 10.5 Å². The summed E-state index contributed by atoms with van der Waals surface area (Å²) in [6.07, 6.45) is 2.83. The number of nitrogens with zero attached hydrogens (tertiary/aromatic N) is 3. The monoisotopic (exact) mass is 338 g/mol. The van der Waals surface area contributed by atoms with E-state index in [1.165, 1.54) is 17.9 Å². The molecular formula is C18H18N4O3. The first-order valence-electron chi connectivity index (χ1n) is 7.89. The van der Waals surface area contributed by atoms with Crippen molar-refractivity contribution in [3.05, 3.63) is 41.7 Å². The van der Waals surface area contributed by atoms with Crippen molar-refractivity contribution in [3.63, 3.8) is 0 Å². The molecule has 1 unspecified atom stereocenters. The number of amides is 1. The summed E-state index contributed by atoms with van der Waals surface area (Å²) in [4.78, 5) is 26.0. The van der Waals surface area contributed by atoms with Crippen LogP contribution < -0.4 is 10.6 Å². The molecule has 2 aromatic rings. The summed E-state index contributed by atoms with van der Waals surface area (Å²) in [5.41, 5.74) is 7.65. The summed E-state index contributed by atoms with van der Waals surface area (Å²) < 4.78 is 6.31. The van der Waals surface area contributed by atoms with Crippen LogP contribution in [0.4, 0.5) is 11.4 Å². The number of rotatable bonds is 3. The van der Waals surface area contributed by atoms with E-state index >= 15 is 0 Å². The molecule has 1 fully saturated rings. The number of esters is 1. The predicted molar refractivity (Wildman–Crippen MR) is 92.4 cm³/mol. The van der Waals surface area contributed by atoms with Gasteiger partial charge in [-0.25, -0.2) is 4.79 Å². The van der Waals surface area contributed by atoms with E-state index in [0.717, 1.165) is 12.1 Å². The molecule has 1 aromatic heterocycles. The molecule has 0 bridgehead atoms. The van der Waals surface area contributed by atoms with Crippen molar-refractivity contribution in [1.82, 2.24) is 4.57 Å². The van der Waals surface area contributed by atoms with Gasteiger partial charge >= 0.3 is 5.97 Å². The minimum absolute atomic E-state index is 0.0718. The van der Waals surface area contributed by atoms with Crippen LogP contribution in [0.5, 0.6) is 0 Å². The molecule has 1 saturated heterocycles. The molecule has 7 heteroatoms. The molecule has 1 aromatic carbocycles. The highest BCUT2D eigenvalue weighted by Crippen LogP contribution is 2.30. The second kappa shape index (κ2) is 6.32. The van der Waals surface area contributed by atoms with Crippen LogP contribution in [0.2, 0.25) is 0 Å². The molecule has 2 heterocycles. The highest BCUT2D eigenvalue weighted by atomic mass is 16.5. The lowest BCUT2D eigenvalue weighted by atomic mass is 10.2. The quantitative estimate of drug-likeness (QED) is 0.865. The molecule has 25 heavy (non-hydrogen) atoms. The van der Waals surface area contributed by atoms with Gasteiger partial charge in [-0.05, 0) is 31.5 Å². The molecule has 0 radical (unpaired) electrons. The Kier molecular flexibility index (Phi) is 4.19. The molecule has 1 atom stereocenters. The Morgan fingerprint density at radius 2 is 2.12 bits per heavy atom. The van der Waals surface area contributed by atoms with E-state index in [-0.39, 0.29) is 28.9 Å². The van der Waals surface area contributed by atoms with Crippen LogP contribution in [0.1, 0.15) is 35.8 Å². The first kappa shape index (κ1) is 16.6. The Bertz CT molecular complexity index is 894. The van der Waals surface area contributed by atoms with Gasteiger partial charge in [0.25, 0.3) is 0 Å². The number of aromatic nitrogens is 1. The number of methoxy groups -OCH3 is 1. The highest BCUT2D eigenvalue weighted by Gasteiger charge is 2.29. The van der Waals surface area contributed by atoms with Gasteiger partial charge in [0.05, 0.1) is 18.4 Å². The number of carbonyl (C=O) groups is 2. The molecule has 128 valence electrons. The molecular weight excluding hydrogens is 320 g/mol. The van der Waals surface area contributed by atoms with Crippen molar-refractivity contribution in [2.24, 2.45) is 0 Å². The molecule has 3 rings (SSSR count). The zero-order chi connectivity index (χ0) is 18.1. The third kappa shape index (κ3) is 2.72. The number of nitrogens with two attached hydrogens (primary N) is 1. The smallest absolute Gasteiger partial charge is 0.357 e. The number of ether oxygens (including phenoxy) is 1. The average Bonchev–Trinajstić information content (AvgIpc) is 3.13. The van der Waals surface area contributed by atoms with Crippen LogP contribution in [-0.2, 0) is 9.53 Å². The maximum Gasteiger partial charge on any atom is 0.357 e. The Hall–Kier alpha value is -3.27. The van der Waals surface area contributed by atoms with Gasteiger partial charge in [0.15, 0.2) is 5.69 Å². The lowest BCUT2D eigenvalue weighted by molar-refractivity contribution is -0.117. The summed E-state index contributed by atoms with van der Waals surface area (Å²) >= 11 is 0. The average molecular weight is 338 g/mol. The van der Waals surface area contributed by atoms with Crippen molar-refractivity contribution in [2.45, 2.75) is 25.8 Å². The van der Waals surface area contributed by atoms with E-state index in [1.807, 2.05) is 19.1 Å². The van der Waals surface area contributed by atoms with Gasteiger partial charge in [-0.3, -0.25) is 4.79 Å². The predicted octanol–water partition coefficient (Wildman–Crippen LogP) is 2.23. The van der Waals surface area contributed by atoms with Gasteiger partial charge in [0.2, 0.25) is 5.91 Å². The molecule has 7 nitrogen and oxygen atoms in total. The molecule has 2 N–H and O–H groups in total. The zero-order valence-corrected chi connectivity index (χ0v) is 14.0. The number of nitriles is 1. The normalized spacial score (nSPS) is 16.8. The van der Waals surface area contributed by atoms with Crippen LogP contribution in [0, 0.1) is 11.3 Å². The van der Waals surface area contributed by atoms with Crippen LogP contribution >= 0.6 is 0 Å². The van der Waals surface area contributed by atoms with Crippen LogP contribution in [0.25, 0.3) is 5.69 Å². The second-order valence-electron chi connectivity index (χ2n) is 5.95. The van der Waals surface area contributed by atoms with Crippen LogP contribution in [0.3, 0.4) is 0 Å². The Morgan fingerprint density at radius 1 is 1.40 bits per heavy atom. The molecule has 0 saturated carbocycles. The standard InChI is InChI=1S/C18H18N4O3/c1-11-6-7-15(23)22(11)14-5-3-4-13(8-14)21-10-12(9-19)16(20)17(21)18(24)25-2/h3-5,8,10-11H,6-7,20H2,1-2H3. The van der Waals surface area contributed by atoms with Gasteiger partial charge in [0, 0.05) is 30.0 Å². The fourth-order valence-corrected chi connectivity index (χ4v) is 3.14. The minimum Gasteiger partial charge on any atom is -0.464 e. The van der Waals surface area contributed by atoms with Gasteiger partial charge in [0.1, 0.15) is 6.07 Å². The fraction of sp³-hybridized carbons (Fsp3) is 0.278. The fourth-order valence-electron chi connectivity index (χ4n) is 3.14. The van der Waals surface area contributed by atoms with E-state index < -0.39 is 5.97 Å². The molecule has 1 amide bonds. The number of anilines is 2. The summed E-state index contributed by atoms with van der Waals surface area (Å²) in [6.45, 7) is 2.00. The maximum atomic E-state index is 12.1. The summed E-state index contributed by atoms with van der Waals surface area (Å²) in [6, 6.07) is 9.31. The van der Waals surface area contributed by atoms with Gasteiger partial charge in [-0.2, -0.15) is 5.26 Å². The van der Waals surface area contributed by atoms with Crippen molar-refractivity contribution >= 4 is 23.3 Å². The van der Waals surface area contributed by atoms with Gasteiger partial charge in [-0.15, -0.1) is 0 Å². The molecule has 0 aliphatic carbocycles. The van der Waals surface area contributed by atoms with Gasteiger partial charge in [-0.1, -0.05) is 6.07 Å². The zero-order valence-electron chi connectivity index (χ0n) is 14.0. The van der Waals surface area contributed by atoms with Crippen molar-refractivity contribution in [1.29, 1.82) is 5.26 Å². The first-order chi connectivity index (χ1) is 12.0. The van der Waals surface area contributed by atoms with Crippen molar-refractivity contribution in [3.8, 4) is 11.8 Å². The lowest BCUT2D eigenvalue weighted by Crippen LogP contribution is -2.30. The number of hydrogen-bond donors (Lipinski definition) is 1. The third-order valence-corrected chi connectivity index (χ3v) is 4.42. The van der Waals surface area contributed by atoms with Crippen molar-refractivity contribution in [2.75, 3.05) is 17.7 Å². The van der Waals surface area contributed by atoms with E-state index in [1.54, 1.807) is 23.1 Å². The number of carbonyl (C=O) groups excluding carboxylic acids is 2. The van der Waals surface area contributed by atoms with E-state index in [2.05, 4.69) is 0 Å². The van der Waals surface area contributed by atoms with Gasteiger partial charge < -0.3 is 19.9 Å². The first-order valence-corrected chi connectivity index (χ1v) is 7.89. The number of benzene rings is 1. The van der Waals surface area contributed by atoms with Crippen LogP contribution in [-0.4, -0.2) is 29.6 Å². The lowest BCUT2D eigenvalue weighted by Gasteiger charge is -2.22. The molecule has 1 aliphatic heterocycles. The summed E-state index contributed by atoms with van der Waals surface area (Å²) in [7, 11) is 1.26. The molecule has 1 aliphatic rings. The SMILES string of the molecule is COC(=O)c1c(N)c(C#N)cn1-c1cccc(N2C(=O)CCC2C)c1. The van der Waals surface area contributed by atoms with Crippen LogP contribution in [0.15, 0.2) is 30.5 Å². The summed E-state index contributed by atoms with van der Waals surface area (Å²) in [5.74, 6) is -0.558. The van der Waals surface area contributed by atoms with E-state index in [0.29, 0.717) is 12.1 Å². The molecule has 0 spiro atoms. The van der Waals surface area contributed by atoms with E-state index in [9.17, 15) is 14.9 Å². The number of nitrogen functional groups attached to an aromatic ring is 1. The highest BCUT2D eigenvalue weighted by molar-refractivity contribution is 5.97. The Balaban J connectivity index is 2.12.